The van der Waals surface area contributed by atoms with Gasteiger partial charge >= 0.3 is 0 Å². The molecule has 5 nitrogen and oxygen atoms in total. The van der Waals surface area contributed by atoms with Crippen LogP contribution in [-0.4, -0.2) is 34.8 Å². The third-order valence-electron chi connectivity index (χ3n) is 5.72. The zero-order valence-electron chi connectivity index (χ0n) is 16.0. The molecule has 2 aliphatic rings. The molecule has 0 spiro atoms. The van der Waals surface area contributed by atoms with Gasteiger partial charge in [-0.15, -0.1) is 11.3 Å². The van der Waals surface area contributed by atoms with Gasteiger partial charge in [-0.05, 0) is 37.8 Å². The van der Waals surface area contributed by atoms with Crippen LogP contribution in [0, 0.1) is 17.6 Å². The van der Waals surface area contributed by atoms with E-state index < -0.39 is 23.1 Å². The Morgan fingerprint density at radius 1 is 1.17 bits per heavy atom. The standard InChI is InChI=1S/C21H23F2N3O2S/c22-16-7-2-8-17(23)18(16)21(28)26-9-3-6-14(11-26)20-25-15(12-29-20)10-24-19(27)13-4-1-5-13/h2,7-8,12-14H,1,3-6,9-11H2,(H,24,27). The Bertz CT molecular complexity index is 893. The second kappa shape index (κ2) is 8.57. The summed E-state index contributed by atoms with van der Waals surface area (Å²) in [7, 11) is 0. The Balaban J connectivity index is 1.39. The second-order valence-electron chi connectivity index (χ2n) is 7.71. The molecule has 4 rings (SSSR count). The molecule has 1 saturated heterocycles. The fraction of sp³-hybridized carbons (Fsp3) is 0.476. The maximum absolute atomic E-state index is 14.0. The SMILES string of the molecule is O=C(NCc1csc(C2CCCN(C(=O)c3c(F)cccc3F)C2)n1)C1CCC1. The first-order chi connectivity index (χ1) is 14.0. The molecule has 0 bridgehead atoms. The molecule has 2 amide bonds. The molecular weight excluding hydrogens is 396 g/mol. The van der Waals surface area contributed by atoms with Crippen molar-refractivity contribution < 1.29 is 18.4 Å². The fourth-order valence-electron chi connectivity index (χ4n) is 3.81. The minimum atomic E-state index is -0.837. The van der Waals surface area contributed by atoms with Crippen LogP contribution in [-0.2, 0) is 11.3 Å². The molecule has 29 heavy (non-hydrogen) atoms. The van der Waals surface area contributed by atoms with Gasteiger partial charge in [-0.25, -0.2) is 13.8 Å². The van der Waals surface area contributed by atoms with E-state index in [-0.39, 0.29) is 17.7 Å². The van der Waals surface area contributed by atoms with Gasteiger partial charge in [0.2, 0.25) is 5.91 Å². The summed E-state index contributed by atoms with van der Waals surface area (Å²) in [6, 6.07) is 3.45. The van der Waals surface area contributed by atoms with Gasteiger partial charge in [0.25, 0.3) is 5.91 Å². The lowest BCUT2D eigenvalue weighted by Gasteiger charge is -2.32. The van der Waals surface area contributed by atoms with Crippen LogP contribution in [0.1, 0.15) is 59.1 Å². The quantitative estimate of drug-likeness (QED) is 0.801. The number of nitrogens with one attached hydrogen (secondary N) is 1. The molecule has 154 valence electrons. The monoisotopic (exact) mass is 419 g/mol. The normalized spacial score (nSPS) is 19.7. The zero-order valence-corrected chi connectivity index (χ0v) is 16.8. The number of aromatic nitrogens is 1. The lowest BCUT2D eigenvalue weighted by molar-refractivity contribution is -0.127. The summed E-state index contributed by atoms with van der Waals surface area (Å²) in [5.41, 5.74) is 0.313. The van der Waals surface area contributed by atoms with Crippen molar-refractivity contribution in [2.45, 2.75) is 44.6 Å². The summed E-state index contributed by atoms with van der Waals surface area (Å²) < 4.78 is 28.0. The maximum Gasteiger partial charge on any atom is 0.259 e. The van der Waals surface area contributed by atoms with Crippen LogP contribution in [0.25, 0.3) is 0 Å². The van der Waals surface area contributed by atoms with E-state index in [2.05, 4.69) is 10.3 Å². The molecule has 2 heterocycles. The number of piperidine rings is 1. The minimum Gasteiger partial charge on any atom is -0.350 e. The Labute approximate surface area is 172 Å². The maximum atomic E-state index is 14.0. The van der Waals surface area contributed by atoms with Crippen molar-refractivity contribution in [1.29, 1.82) is 0 Å². The number of thiazole rings is 1. The molecule has 1 unspecified atom stereocenters. The van der Waals surface area contributed by atoms with Crippen molar-refractivity contribution in [2.75, 3.05) is 13.1 Å². The summed E-state index contributed by atoms with van der Waals surface area (Å²) in [5, 5.41) is 5.75. The van der Waals surface area contributed by atoms with Crippen molar-refractivity contribution >= 4 is 23.2 Å². The highest BCUT2D eigenvalue weighted by molar-refractivity contribution is 7.09. The first-order valence-electron chi connectivity index (χ1n) is 9.98. The van der Waals surface area contributed by atoms with Gasteiger partial charge < -0.3 is 10.2 Å². The van der Waals surface area contributed by atoms with Gasteiger partial charge in [-0.2, -0.15) is 0 Å². The predicted molar refractivity (Wildman–Crippen MR) is 106 cm³/mol. The van der Waals surface area contributed by atoms with E-state index in [0.29, 0.717) is 19.6 Å². The van der Waals surface area contributed by atoms with Crippen LogP contribution < -0.4 is 5.32 Å². The van der Waals surface area contributed by atoms with Crippen molar-refractivity contribution in [3.63, 3.8) is 0 Å². The molecule has 1 aromatic heterocycles. The number of halogens is 2. The van der Waals surface area contributed by atoms with E-state index in [4.69, 9.17) is 0 Å². The number of hydrogen-bond acceptors (Lipinski definition) is 4. The Morgan fingerprint density at radius 2 is 1.93 bits per heavy atom. The van der Waals surface area contributed by atoms with E-state index in [1.54, 1.807) is 0 Å². The molecule has 1 aliphatic carbocycles. The average Bonchev–Trinajstić information content (AvgIpc) is 3.14. The van der Waals surface area contributed by atoms with Crippen LogP contribution in [0.5, 0.6) is 0 Å². The van der Waals surface area contributed by atoms with Crippen LogP contribution >= 0.6 is 11.3 Å². The number of nitrogens with zero attached hydrogens (tertiary/aromatic N) is 2. The van der Waals surface area contributed by atoms with Crippen molar-refractivity contribution in [1.82, 2.24) is 15.2 Å². The van der Waals surface area contributed by atoms with Gasteiger partial charge in [0.05, 0.1) is 17.2 Å². The molecule has 8 heteroatoms. The second-order valence-corrected chi connectivity index (χ2v) is 8.60. The fourth-order valence-corrected chi connectivity index (χ4v) is 4.75. The van der Waals surface area contributed by atoms with Gasteiger partial charge in [0.1, 0.15) is 17.2 Å². The van der Waals surface area contributed by atoms with E-state index >= 15 is 0 Å². The molecular formula is C21H23F2N3O2S. The van der Waals surface area contributed by atoms with Crippen molar-refractivity contribution in [3.05, 3.63) is 51.5 Å². The van der Waals surface area contributed by atoms with E-state index in [1.807, 2.05) is 5.38 Å². The topological polar surface area (TPSA) is 62.3 Å². The number of hydrogen-bond donors (Lipinski definition) is 1. The smallest absolute Gasteiger partial charge is 0.259 e. The minimum absolute atomic E-state index is 0.0311. The lowest BCUT2D eigenvalue weighted by atomic mass is 9.85. The Hall–Kier alpha value is -2.35. The molecule has 2 fully saturated rings. The van der Waals surface area contributed by atoms with Gasteiger partial charge in [0, 0.05) is 30.3 Å². The molecule has 1 saturated carbocycles. The largest absolute Gasteiger partial charge is 0.350 e. The van der Waals surface area contributed by atoms with Crippen molar-refractivity contribution in [3.8, 4) is 0 Å². The first kappa shape index (κ1) is 19.9. The molecule has 1 aromatic carbocycles. The van der Waals surface area contributed by atoms with Crippen LogP contribution in [0.2, 0.25) is 0 Å². The average molecular weight is 419 g/mol. The highest BCUT2D eigenvalue weighted by atomic mass is 32.1. The summed E-state index contributed by atoms with van der Waals surface area (Å²) in [6.45, 7) is 1.26. The summed E-state index contributed by atoms with van der Waals surface area (Å²) in [5.74, 6) is -2.03. The third kappa shape index (κ3) is 4.32. The number of rotatable bonds is 5. The third-order valence-corrected chi connectivity index (χ3v) is 6.78. The Morgan fingerprint density at radius 3 is 2.62 bits per heavy atom. The molecule has 2 aromatic rings. The molecule has 1 atom stereocenters. The van der Waals surface area contributed by atoms with Gasteiger partial charge in [-0.3, -0.25) is 9.59 Å². The number of amides is 2. The highest BCUT2D eigenvalue weighted by Gasteiger charge is 2.30. The van der Waals surface area contributed by atoms with Gasteiger partial charge in [0.15, 0.2) is 0 Å². The molecule has 1 aliphatic heterocycles. The summed E-state index contributed by atoms with van der Waals surface area (Å²) in [4.78, 5) is 30.8. The highest BCUT2D eigenvalue weighted by Crippen LogP contribution is 2.31. The van der Waals surface area contributed by atoms with Gasteiger partial charge in [-0.1, -0.05) is 12.5 Å². The van der Waals surface area contributed by atoms with Crippen LogP contribution in [0.3, 0.4) is 0 Å². The molecule has 1 N–H and O–H groups in total. The summed E-state index contributed by atoms with van der Waals surface area (Å²) in [6.07, 6.45) is 4.66. The van der Waals surface area contributed by atoms with Crippen LogP contribution in [0.15, 0.2) is 23.6 Å². The van der Waals surface area contributed by atoms with E-state index in [0.717, 1.165) is 54.9 Å². The first-order valence-corrected chi connectivity index (χ1v) is 10.9. The summed E-state index contributed by atoms with van der Waals surface area (Å²) >= 11 is 1.50. The van der Waals surface area contributed by atoms with E-state index in [9.17, 15) is 18.4 Å². The number of benzene rings is 1. The predicted octanol–water partition coefficient (Wildman–Crippen LogP) is 3.86. The van der Waals surface area contributed by atoms with Crippen molar-refractivity contribution in [2.24, 2.45) is 5.92 Å². The zero-order chi connectivity index (χ0) is 20.4. The van der Waals surface area contributed by atoms with E-state index in [1.165, 1.54) is 22.3 Å². The van der Waals surface area contributed by atoms with Crippen LogP contribution in [0.4, 0.5) is 8.78 Å². The Kier molecular flexibility index (Phi) is 5.89. The number of carbonyl (C=O) groups is 2. The number of carbonyl (C=O) groups excluding carboxylic acids is 2. The molecule has 0 radical (unpaired) electrons. The number of likely N-dealkylation sites (tertiary alicyclic amines) is 1. The lowest BCUT2D eigenvalue weighted by Crippen LogP contribution is -2.39.